The molecule has 90 valence electrons. The van der Waals surface area contributed by atoms with Crippen LogP contribution < -0.4 is 0 Å². The van der Waals surface area contributed by atoms with E-state index in [4.69, 9.17) is 22.4 Å². The third-order valence-electron chi connectivity index (χ3n) is 2.62. The minimum atomic E-state index is -0.0370. The van der Waals surface area contributed by atoms with Crippen LogP contribution in [0.2, 0.25) is 0 Å². The number of aromatic nitrogens is 1. The minimum absolute atomic E-state index is 0.0370. The number of nitrogens with one attached hydrogen (secondary N) is 2. The first kappa shape index (κ1) is 12.5. The molecule has 0 unspecified atom stereocenters. The van der Waals surface area contributed by atoms with Crippen molar-refractivity contribution in [1.29, 1.82) is 10.8 Å². The van der Waals surface area contributed by atoms with E-state index < -0.39 is 0 Å². The van der Waals surface area contributed by atoms with Crippen LogP contribution in [0.25, 0.3) is 0 Å². The van der Waals surface area contributed by atoms with Crippen molar-refractivity contribution in [2.45, 2.75) is 6.42 Å². The molecule has 0 aliphatic rings. The van der Waals surface area contributed by atoms with Gasteiger partial charge in [0.25, 0.3) is 0 Å². The summed E-state index contributed by atoms with van der Waals surface area (Å²) in [6.45, 7) is 0. The predicted molar refractivity (Wildman–Crippen MR) is 73.9 cm³/mol. The second-order valence-corrected chi connectivity index (χ2v) is 4.25. The molecule has 0 atom stereocenters. The minimum Gasteiger partial charge on any atom is -0.304 e. The molecular weight excluding hydrogens is 246 g/mol. The second-order valence-electron chi connectivity index (χ2n) is 3.87. The lowest BCUT2D eigenvalue weighted by atomic mass is 9.99. The standard InChI is InChI=1S/C14H12ClN3/c15-14(17)12-4-2-1-3-11(12)13(16)9-10-5-7-18-8-6-10/h1-8,16-17H,9H2. The molecule has 0 saturated carbocycles. The van der Waals surface area contributed by atoms with Gasteiger partial charge in [-0.3, -0.25) is 10.4 Å². The Morgan fingerprint density at radius 1 is 1.00 bits per heavy atom. The van der Waals surface area contributed by atoms with Gasteiger partial charge in [0.15, 0.2) is 0 Å². The molecule has 2 N–H and O–H groups in total. The Kier molecular flexibility index (Phi) is 3.85. The maximum Gasteiger partial charge on any atom is 0.128 e. The molecule has 0 spiro atoms. The van der Waals surface area contributed by atoms with Gasteiger partial charge in [-0.1, -0.05) is 35.9 Å². The normalized spacial score (nSPS) is 10.1. The summed E-state index contributed by atoms with van der Waals surface area (Å²) in [5.74, 6) is 0. The molecule has 0 fully saturated rings. The molecule has 0 aliphatic carbocycles. The highest BCUT2D eigenvalue weighted by Gasteiger charge is 2.10. The molecule has 4 heteroatoms. The Labute approximate surface area is 110 Å². The number of hydrogen-bond acceptors (Lipinski definition) is 3. The van der Waals surface area contributed by atoms with Crippen molar-refractivity contribution >= 4 is 22.5 Å². The van der Waals surface area contributed by atoms with E-state index >= 15 is 0 Å². The molecule has 0 bridgehead atoms. The lowest BCUT2D eigenvalue weighted by Crippen LogP contribution is -2.08. The van der Waals surface area contributed by atoms with Crippen LogP contribution in [0.1, 0.15) is 16.7 Å². The van der Waals surface area contributed by atoms with Crippen LogP contribution in [0, 0.1) is 10.8 Å². The van der Waals surface area contributed by atoms with E-state index in [1.54, 1.807) is 18.5 Å². The summed E-state index contributed by atoms with van der Waals surface area (Å²) in [5, 5.41) is 15.6. The van der Waals surface area contributed by atoms with Crippen molar-refractivity contribution in [1.82, 2.24) is 4.98 Å². The van der Waals surface area contributed by atoms with Crippen LogP contribution in [-0.2, 0) is 6.42 Å². The summed E-state index contributed by atoms with van der Waals surface area (Å²) in [7, 11) is 0. The third kappa shape index (κ3) is 2.81. The lowest BCUT2D eigenvalue weighted by Gasteiger charge is -2.08. The van der Waals surface area contributed by atoms with Crippen LogP contribution in [0.4, 0.5) is 0 Å². The van der Waals surface area contributed by atoms with Crippen molar-refractivity contribution in [3.63, 3.8) is 0 Å². The van der Waals surface area contributed by atoms with E-state index in [9.17, 15) is 0 Å². The monoisotopic (exact) mass is 257 g/mol. The summed E-state index contributed by atoms with van der Waals surface area (Å²) < 4.78 is 0. The molecule has 0 amide bonds. The highest BCUT2D eigenvalue weighted by Crippen LogP contribution is 2.14. The second kappa shape index (κ2) is 5.56. The molecule has 0 saturated heterocycles. The maximum absolute atomic E-state index is 8.13. The SMILES string of the molecule is N=C(Cl)c1ccccc1C(=N)Cc1ccncc1. The van der Waals surface area contributed by atoms with E-state index in [2.05, 4.69) is 4.98 Å². The van der Waals surface area contributed by atoms with Gasteiger partial charge in [-0.15, -0.1) is 0 Å². The molecule has 1 aromatic carbocycles. The van der Waals surface area contributed by atoms with Crippen molar-refractivity contribution in [2.75, 3.05) is 0 Å². The Morgan fingerprint density at radius 3 is 2.22 bits per heavy atom. The molecule has 1 heterocycles. The average molecular weight is 258 g/mol. The lowest BCUT2D eigenvalue weighted by molar-refractivity contribution is 1.22. The van der Waals surface area contributed by atoms with Gasteiger partial charge in [0.2, 0.25) is 0 Å². The van der Waals surface area contributed by atoms with Gasteiger partial charge in [0, 0.05) is 35.7 Å². The van der Waals surface area contributed by atoms with E-state index in [0.717, 1.165) is 5.56 Å². The molecule has 2 rings (SSSR count). The van der Waals surface area contributed by atoms with Gasteiger partial charge in [0.1, 0.15) is 5.17 Å². The smallest absolute Gasteiger partial charge is 0.128 e. The number of nitrogens with zero attached hydrogens (tertiary/aromatic N) is 1. The fourth-order valence-corrected chi connectivity index (χ4v) is 1.90. The van der Waals surface area contributed by atoms with Crippen LogP contribution in [0.5, 0.6) is 0 Å². The Balaban J connectivity index is 2.27. The third-order valence-corrected chi connectivity index (χ3v) is 2.82. The fraction of sp³-hybridized carbons (Fsp3) is 0.0714. The molecule has 0 aliphatic heterocycles. The number of rotatable bonds is 4. The Morgan fingerprint density at radius 2 is 1.61 bits per heavy atom. The van der Waals surface area contributed by atoms with Gasteiger partial charge < -0.3 is 5.41 Å². The van der Waals surface area contributed by atoms with Crippen LogP contribution in [0.15, 0.2) is 48.8 Å². The average Bonchev–Trinajstić information content (AvgIpc) is 2.40. The first-order chi connectivity index (χ1) is 8.68. The van der Waals surface area contributed by atoms with Crippen molar-refractivity contribution in [3.05, 3.63) is 65.5 Å². The predicted octanol–water partition coefficient (Wildman–Crippen LogP) is 3.26. The topological polar surface area (TPSA) is 60.6 Å². The van der Waals surface area contributed by atoms with Gasteiger partial charge in [-0.2, -0.15) is 0 Å². The summed E-state index contributed by atoms with van der Waals surface area (Å²) in [5.41, 5.74) is 2.76. The highest BCUT2D eigenvalue weighted by molar-refractivity contribution is 6.69. The summed E-state index contributed by atoms with van der Waals surface area (Å²) in [6, 6.07) is 11.0. The summed E-state index contributed by atoms with van der Waals surface area (Å²) >= 11 is 5.73. The summed E-state index contributed by atoms with van der Waals surface area (Å²) in [4.78, 5) is 3.95. The molecule has 18 heavy (non-hydrogen) atoms. The highest BCUT2D eigenvalue weighted by atomic mass is 35.5. The van der Waals surface area contributed by atoms with E-state index in [0.29, 0.717) is 23.3 Å². The molecule has 1 aromatic heterocycles. The van der Waals surface area contributed by atoms with Gasteiger partial charge in [-0.25, -0.2) is 0 Å². The quantitative estimate of drug-likeness (QED) is 0.812. The Bertz CT molecular complexity index is 579. The van der Waals surface area contributed by atoms with Crippen molar-refractivity contribution in [3.8, 4) is 0 Å². The van der Waals surface area contributed by atoms with Gasteiger partial charge >= 0.3 is 0 Å². The van der Waals surface area contributed by atoms with Crippen molar-refractivity contribution < 1.29 is 0 Å². The number of benzene rings is 1. The first-order valence-electron chi connectivity index (χ1n) is 5.48. The zero-order valence-electron chi connectivity index (χ0n) is 9.65. The summed E-state index contributed by atoms with van der Waals surface area (Å²) in [6.07, 6.45) is 3.92. The van der Waals surface area contributed by atoms with Crippen LogP contribution in [-0.4, -0.2) is 15.9 Å². The zero-order valence-corrected chi connectivity index (χ0v) is 10.4. The molecule has 0 radical (unpaired) electrons. The largest absolute Gasteiger partial charge is 0.304 e. The van der Waals surface area contributed by atoms with Gasteiger partial charge in [0.05, 0.1) is 0 Å². The maximum atomic E-state index is 8.13. The molecule has 3 nitrogen and oxygen atoms in total. The van der Waals surface area contributed by atoms with Gasteiger partial charge in [-0.05, 0) is 17.7 Å². The first-order valence-corrected chi connectivity index (χ1v) is 5.86. The molecular formula is C14H12ClN3. The zero-order chi connectivity index (χ0) is 13.0. The number of halogens is 1. The molecule has 2 aromatic rings. The number of hydrogen-bond donors (Lipinski definition) is 2. The van der Waals surface area contributed by atoms with E-state index in [-0.39, 0.29) is 5.17 Å². The number of pyridine rings is 1. The van der Waals surface area contributed by atoms with E-state index in [1.807, 2.05) is 30.3 Å². The fourth-order valence-electron chi connectivity index (χ4n) is 1.74. The van der Waals surface area contributed by atoms with Crippen LogP contribution in [0.3, 0.4) is 0 Å². The van der Waals surface area contributed by atoms with E-state index in [1.165, 1.54) is 0 Å². The van der Waals surface area contributed by atoms with Crippen molar-refractivity contribution in [2.24, 2.45) is 0 Å². The van der Waals surface area contributed by atoms with Crippen LogP contribution >= 0.6 is 11.6 Å². The Hall–Kier alpha value is -2.00.